The molecule has 0 saturated carbocycles. The van der Waals surface area contributed by atoms with Gasteiger partial charge in [-0.2, -0.15) is 0 Å². The molecular formula is C7H9BrN2OS. The van der Waals surface area contributed by atoms with Crippen molar-refractivity contribution in [1.82, 2.24) is 4.98 Å². The molecule has 0 amide bonds. The lowest BCUT2D eigenvalue weighted by molar-refractivity contribution is 0.677. The van der Waals surface area contributed by atoms with Crippen LogP contribution in [0.4, 0.5) is 0 Å². The van der Waals surface area contributed by atoms with E-state index in [1.54, 1.807) is 24.5 Å². The smallest absolute Gasteiger partial charge is 0.136 e. The lowest BCUT2D eigenvalue weighted by Crippen LogP contribution is -1.99. The molecule has 0 spiro atoms. The summed E-state index contributed by atoms with van der Waals surface area (Å²) in [6.07, 6.45) is 1.57. The molecule has 0 aliphatic rings. The molecule has 3 nitrogen and oxygen atoms in total. The minimum atomic E-state index is -2.29. The van der Waals surface area contributed by atoms with Gasteiger partial charge in [0.05, 0.1) is 9.73 Å². The van der Waals surface area contributed by atoms with Crippen molar-refractivity contribution in [1.29, 1.82) is 0 Å². The molecule has 0 bridgehead atoms. The minimum Gasteiger partial charge on any atom is -0.243 e. The van der Waals surface area contributed by atoms with Gasteiger partial charge in [-0.05, 0) is 28.1 Å². The molecule has 66 valence electrons. The molecule has 1 aromatic heterocycles. The molecule has 0 saturated heterocycles. The number of hydrogen-bond acceptors (Lipinski definition) is 3. The molecular weight excluding hydrogens is 240 g/mol. The second-order valence-electron chi connectivity index (χ2n) is 2.28. The Balaban J connectivity index is 3.31. The number of nitrogens with zero attached hydrogens (tertiary/aromatic N) is 2. The minimum absolute atomic E-state index is 0.513. The third-order valence-corrected chi connectivity index (χ3v) is 3.57. The number of halogens is 1. The van der Waals surface area contributed by atoms with Crippen molar-refractivity contribution in [3.63, 3.8) is 0 Å². The van der Waals surface area contributed by atoms with Crippen molar-refractivity contribution in [2.75, 3.05) is 13.3 Å². The van der Waals surface area contributed by atoms with Gasteiger partial charge in [-0.25, -0.2) is 13.6 Å². The number of hydrogen-bond donors (Lipinski definition) is 0. The molecule has 5 heteroatoms. The Morgan fingerprint density at radius 1 is 1.58 bits per heavy atom. The molecule has 0 fully saturated rings. The first-order chi connectivity index (χ1) is 5.56. The average molecular weight is 249 g/mol. The Morgan fingerprint density at radius 3 is 2.75 bits per heavy atom. The second-order valence-corrected chi connectivity index (χ2v) is 5.48. The van der Waals surface area contributed by atoms with Crippen LogP contribution in [0.15, 0.2) is 32.2 Å². The van der Waals surface area contributed by atoms with Gasteiger partial charge >= 0.3 is 0 Å². The number of rotatable bonds is 1. The maximum Gasteiger partial charge on any atom is 0.136 e. The summed E-state index contributed by atoms with van der Waals surface area (Å²) in [5, 5.41) is 0.513. The molecule has 0 aliphatic heterocycles. The van der Waals surface area contributed by atoms with Crippen molar-refractivity contribution in [3.8, 4) is 0 Å². The number of pyridine rings is 1. The molecule has 1 heterocycles. The summed E-state index contributed by atoms with van der Waals surface area (Å²) in [6.45, 7) is 0. The lowest BCUT2D eigenvalue weighted by atomic mass is 10.5. The number of aromatic nitrogens is 1. The van der Waals surface area contributed by atoms with E-state index in [-0.39, 0.29) is 0 Å². The van der Waals surface area contributed by atoms with Gasteiger partial charge in [0.25, 0.3) is 0 Å². The van der Waals surface area contributed by atoms with E-state index in [9.17, 15) is 4.21 Å². The summed E-state index contributed by atoms with van der Waals surface area (Å²) in [5.41, 5.74) is 0. The summed E-state index contributed by atoms with van der Waals surface area (Å²) >= 11 is 3.21. The van der Waals surface area contributed by atoms with Gasteiger partial charge in [-0.3, -0.25) is 0 Å². The van der Waals surface area contributed by atoms with Gasteiger partial charge in [0, 0.05) is 13.3 Å². The predicted molar refractivity (Wildman–Crippen MR) is 52.6 cm³/mol. The SMILES string of the molecule is CN=S(C)(=O)c1cccc(Br)n1. The van der Waals surface area contributed by atoms with Crippen molar-refractivity contribution in [3.05, 3.63) is 22.8 Å². The van der Waals surface area contributed by atoms with E-state index in [1.165, 1.54) is 7.05 Å². The molecule has 1 unspecified atom stereocenters. The first-order valence-electron chi connectivity index (χ1n) is 3.29. The van der Waals surface area contributed by atoms with E-state index in [1.807, 2.05) is 0 Å². The highest BCUT2D eigenvalue weighted by molar-refractivity contribution is 9.10. The maximum absolute atomic E-state index is 11.7. The van der Waals surface area contributed by atoms with Crippen LogP contribution in [0.2, 0.25) is 0 Å². The van der Waals surface area contributed by atoms with Crippen molar-refractivity contribution < 1.29 is 4.21 Å². The first kappa shape index (κ1) is 9.67. The van der Waals surface area contributed by atoms with Crippen LogP contribution < -0.4 is 0 Å². The second kappa shape index (κ2) is 3.53. The standard InChI is InChI=1S/C7H9BrN2OS/c1-9-12(2,11)7-5-3-4-6(8)10-7/h3-5H,1-2H3. The fourth-order valence-electron chi connectivity index (χ4n) is 0.694. The molecule has 0 radical (unpaired) electrons. The molecule has 0 aliphatic carbocycles. The van der Waals surface area contributed by atoms with E-state index < -0.39 is 9.73 Å². The highest BCUT2D eigenvalue weighted by Crippen LogP contribution is 2.11. The Bertz CT molecular complexity index is 396. The van der Waals surface area contributed by atoms with Gasteiger partial charge in [0.15, 0.2) is 0 Å². The van der Waals surface area contributed by atoms with Gasteiger partial charge in [-0.1, -0.05) is 6.07 Å². The van der Waals surface area contributed by atoms with E-state index in [0.29, 0.717) is 9.63 Å². The molecule has 1 aromatic rings. The third-order valence-electron chi connectivity index (χ3n) is 1.43. The van der Waals surface area contributed by atoms with Crippen molar-refractivity contribution in [2.24, 2.45) is 4.36 Å². The highest BCUT2D eigenvalue weighted by Gasteiger charge is 2.05. The zero-order chi connectivity index (χ0) is 9.19. The van der Waals surface area contributed by atoms with Gasteiger partial charge in [0.2, 0.25) is 0 Å². The fraction of sp³-hybridized carbons (Fsp3) is 0.286. The summed E-state index contributed by atoms with van der Waals surface area (Å²) in [4.78, 5) is 4.06. The summed E-state index contributed by atoms with van der Waals surface area (Å²) in [7, 11) is -0.754. The third kappa shape index (κ3) is 2.04. The average Bonchev–Trinajstić information content (AvgIpc) is 2.05. The normalized spacial score (nSPS) is 15.2. The zero-order valence-electron chi connectivity index (χ0n) is 6.82. The van der Waals surface area contributed by atoms with Crippen molar-refractivity contribution >= 4 is 25.7 Å². The summed E-state index contributed by atoms with van der Waals surface area (Å²) in [6, 6.07) is 5.29. The van der Waals surface area contributed by atoms with Crippen LogP contribution in [0.3, 0.4) is 0 Å². The Morgan fingerprint density at radius 2 is 2.25 bits per heavy atom. The quantitative estimate of drug-likeness (QED) is 0.713. The molecule has 0 aromatic carbocycles. The topological polar surface area (TPSA) is 42.3 Å². The maximum atomic E-state index is 11.7. The van der Waals surface area contributed by atoms with Crippen LogP contribution in [0.1, 0.15) is 0 Å². The van der Waals surface area contributed by atoms with Crippen molar-refractivity contribution in [2.45, 2.75) is 5.03 Å². The van der Waals surface area contributed by atoms with Gasteiger partial charge in [-0.15, -0.1) is 0 Å². The summed E-state index contributed by atoms with van der Waals surface area (Å²) < 4.78 is 16.1. The summed E-state index contributed by atoms with van der Waals surface area (Å²) in [5.74, 6) is 0. The Labute approximate surface area is 80.5 Å². The van der Waals surface area contributed by atoms with Crippen LogP contribution in [-0.2, 0) is 9.73 Å². The zero-order valence-corrected chi connectivity index (χ0v) is 9.22. The van der Waals surface area contributed by atoms with E-state index in [0.717, 1.165) is 0 Å². The molecule has 1 atom stereocenters. The largest absolute Gasteiger partial charge is 0.243 e. The Hall–Kier alpha value is -0.420. The lowest BCUT2D eigenvalue weighted by Gasteiger charge is -2.01. The highest BCUT2D eigenvalue weighted by atomic mass is 79.9. The molecule has 1 rings (SSSR count). The van der Waals surface area contributed by atoms with Crippen LogP contribution in [0.25, 0.3) is 0 Å². The van der Waals surface area contributed by atoms with Crippen LogP contribution in [-0.4, -0.2) is 22.5 Å². The van der Waals surface area contributed by atoms with E-state index in [2.05, 4.69) is 25.3 Å². The molecule has 0 N–H and O–H groups in total. The molecule has 12 heavy (non-hydrogen) atoms. The monoisotopic (exact) mass is 248 g/mol. The van der Waals surface area contributed by atoms with Gasteiger partial charge in [0.1, 0.15) is 9.63 Å². The van der Waals surface area contributed by atoms with Crippen LogP contribution >= 0.6 is 15.9 Å². The first-order valence-corrected chi connectivity index (χ1v) is 6.01. The van der Waals surface area contributed by atoms with Gasteiger partial charge < -0.3 is 0 Å². The Kier molecular flexibility index (Phi) is 2.85. The van der Waals surface area contributed by atoms with Crippen LogP contribution in [0, 0.1) is 0 Å². The van der Waals surface area contributed by atoms with Crippen LogP contribution in [0.5, 0.6) is 0 Å². The van der Waals surface area contributed by atoms with E-state index in [4.69, 9.17) is 0 Å². The van der Waals surface area contributed by atoms with E-state index >= 15 is 0 Å². The predicted octanol–water partition coefficient (Wildman–Crippen LogP) is 1.93. The fourth-order valence-corrected chi connectivity index (χ4v) is 1.94.